The summed E-state index contributed by atoms with van der Waals surface area (Å²) in [6.07, 6.45) is 1.65. The van der Waals surface area contributed by atoms with Crippen molar-refractivity contribution in [1.29, 1.82) is 0 Å². The van der Waals surface area contributed by atoms with Crippen LogP contribution in [0, 0.1) is 6.92 Å². The van der Waals surface area contributed by atoms with Gasteiger partial charge in [0.05, 0.1) is 18.4 Å². The van der Waals surface area contributed by atoms with E-state index in [1.54, 1.807) is 35.1 Å². The van der Waals surface area contributed by atoms with Crippen molar-refractivity contribution >= 4 is 0 Å². The monoisotopic (exact) mass is 233 g/mol. The van der Waals surface area contributed by atoms with Crippen molar-refractivity contribution in [3.8, 4) is 17.2 Å². The molecule has 0 aliphatic rings. The Morgan fingerprint density at radius 1 is 1.47 bits per heavy atom. The molecule has 0 bridgehead atoms. The Labute approximate surface area is 99.4 Å². The largest absolute Gasteiger partial charge is 0.508 e. The average Bonchev–Trinajstić information content (AvgIpc) is 2.62. The van der Waals surface area contributed by atoms with E-state index in [0.29, 0.717) is 24.6 Å². The second-order valence-electron chi connectivity index (χ2n) is 3.71. The molecule has 0 radical (unpaired) electrons. The molecule has 0 saturated heterocycles. The van der Waals surface area contributed by atoms with Crippen LogP contribution in [0.15, 0.2) is 30.5 Å². The van der Waals surface area contributed by atoms with Crippen molar-refractivity contribution in [2.24, 2.45) is 5.73 Å². The van der Waals surface area contributed by atoms with Crippen LogP contribution >= 0.6 is 0 Å². The molecule has 0 saturated carbocycles. The molecule has 2 rings (SSSR count). The van der Waals surface area contributed by atoms with Gasteiger partial charge in [-0.15, -0.1) is 0 Å². The maximum atomic E-state index is 9.33. The van der Waals surface area contributed by atoms with Crippen LogP contribution in [-0.4, -0.2) is 21.4 Å². The van der Waals surface area contributed by atoms with Gasteiger partial charge in [-0.25, -0.2) is 0 Å². The van der Waals surface area contributed by atoms with E-state index in [4.69, 9.17) is 10.5 Å². The maximum Gasteiger partial charge on any atom is 0.168 e. The fourth-order valence-corrected chi connectivity index (χ4v) is 1.55. The molecule has 3 N–H and O–H groups in total. The van der Waals surface area contributed by atoms with Gasteiger partial charge in [0.2, 0.25) is 0 Å². The van der Waals surface area contributed by atoms with E-state index in [2.05, 4.69) is 5.10 Å². The Morgan fingerprint density at radius 2 is 2.29 bits per heavy atom. The third-order valence-corrected chi connectivity index (χ3v) is 2.44. The van der Waals surface area contributed by atoms with E-state index in [9.17, 15) is 5.11 Å². The van der Waals surface area contributed by atoms with Crippen LogP contribution in [0.4, 0.5) is 0 Å². The molecule has 17 heavy (non-hydrogen) atoms. The number of phenolic OH excluding ortho intramolecular Hbond substituents is 1. The molecular formula is C12H15N3O2. The minimum atomic E-state index is 0.175. The van der Waals surface area contributed by atoms with Crippen LogP contribution in [0.1, 0.15) is 5.69 Å². The Balaban J connectivity index is 2.19. The van der Waals surface area contributed by atoms with E-state index in [-0.39, 0.29) is 5.75 Å². The van der Waals surface area contributed by atoms with Gasteiger partial charge in [0.15, 0.2) is 5.75 Å². The number of rotatable bonds is 4. The number of nitrogens with two attached hydrogens (primary N) is 1. The zero-order valence-corrected chi connectivity index (χ0v) is 9.63. The molecule has 5 heteroatoms. The fraction of sp³-hybridized carbons (Fsp3) is 0.250. The summed E-state index contributed by atoms with van der Waals surface area (Å²) in [7, 11) is 0. The number of phenols is 1. The summed E-state index contributed by atoms with van der Waals surface area (Å²) in [6.45, 7) is 3.12. The van der Waals surface area contributed by atoms with Crippen molar-refractivity contribution in [1.82, 2.24) is 9.78 Å². The lowest BCUT2D eigenvalue weighted by molar-refractivity contribution is 0.452. The maximum absolute atomic E-state index is 9.33. The highest BCUT2D eigenvalue weighted by Crippen LogP contribution is 2.26. The molecule has 1 heterocycles. The van der Waals surface area contributed by atoms with Gasteiger partial charge in [0.25, 0.3) is 0 Å². The predicted octanol–water partition coefficient (Wildman–Crippen LogP) is 1.65. The molecular weight excluding hydrogens is 218 g/mol. The van der Waals surface area contributed by atoms with Crippen LogP contribution in [0.3, 0.4) is 0 Å². The van der Waals surface area contributed by atoms with Crippen molar-refractivity contribution in [2.45, 2.75) is 13.5 Å². The minimum Gasteiger partial charge on any atom is -0.508 e. The first kappa shape index (κ1) is 11.5. The third-order valence-electron chi connectivity index (χ3n) is 2.44. The number of hydrogen-bond donors (Lipinski definition) is 2. The molecule has 2 aromatic rings. The topological polar surface area (TPSA) is 73.3 Å². The van der Waals surface area contributed by atoms with E-state index in [1.165, 1.54) is 0 Å². The summed E-state index contributed by atoms with van der Waals surface area (Å²) < 4.78 is 7.42. The van der Waals surface area contributed by atoms with E-state index < -0.39 is 0 Å². The Kier molecular flexibility index (Phi) is 3.30. The fourth-order valence-electron chi connectivity index (χ4n) is 1.55. The van der Waals surface area contributed by atoms with Gasteiger partial charge in [-0.2, -0.15) is 5.10 Å². The highest BCUT2D eigenvalue weighted by atomic mass is 16.5. The summed E-state index contributed by atoms with van der Waals surface area (Å²) in [5, 5.41) is 13.5. The standard InChI is InChI=1S/C12H15N3O2/c1-9-12(8-14-15(9)6-5-13)17-11-4-2-3-10(16)7-11/h2-4,7-8,16H,5-6,13H2,1H3. The smallest absolute Gasteiger partial charge is 0.168 e. The molecule has 0 aliphatic heterocycles. The van der Waals surface area contributed by atoms with E-state index in [1.807, 2.05) is 6.92 Å². The molecule has 0 fully saturated rings. The molecule has 1 aromatic heterocycles. The molecule has 1 aromatic carbocycles. The average molecular weight is 233 g/mol. The van der Waals surface area contributed by atoms with Gasteiger partial charge in [-0.3, -0.25) is 4.68 Å². The predicted molar refractivity (Wildman–Crippen MR) is 64.2 cm³/mol. The van der Waals surface area contributed by atoms with Crippen LogP contribution in [0.25, 0.3) is 0 Å². The summed E-state index contributed by atoms with van der Waals surface area (Å²) in [6, 6.07) is 6.65. The lowest BCUT2D eigenvalue weighted by atomic mass is 10.3. The first-order valence-corrected chi connectivity index (χ1v) is 5.40. The first-order valence-electron chi connectivity index (χ1n) is 5.40. The van der Waals surface area contributed by atoms with Gasteiger partial charge >= 0.3 is 0 Å². The van der Waals surface area contributed by atoms with Gasteiger partial charge in [-0.1, -0.05) is 6.07 Å². The normalized spacial score (nSPS) is 10.5. The first-order chi connectivity index (χ1) is 8.20. The van der Waals surface area contributed by atoms with Crippen molar-refractivity contribution in [2.75, 3.05) is 6.54 Å². The molecule has 0 aliphatic carbocycles. The second kappa shape index (κ2) is 4.88. The second-order valence-corrected chi connectivity index (χ2v) is 3.71. The highest BCUT2D eigenvalue weighted by Gasteiger charge is 2.08. The molecule has 0 amide bonds. The number of benzene rings is 1. The number of nitrogens with zero attached hydrogens (tertiary/aromatic N) is 2. The van der Waals surface area contributed by atoms with Crippen molar-refractivity contribution in [3.63, 3.8) is 0 Å². The molecule has 0 atom stereocenters. The Bertz CT molecular complexity index is 508. The third kappa shape index (κ3) is 2.57. The summed E-state index contributed by atoms with van der Waals surface area (Å²) >= 11 is 0. The van der Waals surface area contributed by atoms with Gasteiger partial charge in [0.1, 0.15) is 11.5 Å². The van der Waals surface area contributed by atoms with Crippen molar-refractivity contribution < 1.29 is 9.84 Å². The highest BCUT2D eigenvalue weighted by molar-refractivity contribution is 5.36. The number of ether oxygens (including phenoxy) is 1. The zero-order chi connectivity index (χ0) is 12.3. The lowest BCUT2D eigenvalue weighted by Gasteiger charge is -2.06. The Hall–Kier alpha value is -2.01. The van der Waals surface area contributed by atoms with Crippen LogP contribution < -0.4 is 10.5 Å². The molecule has 90 valence electrons. The van der Waals surface area contributed by atoms with Gasteiger partial charge < -0.3 is 15.6 Å². The number of aromatic hydroxyl groups is 1. The summed E-state index contributed by atoms with van der Waals surface area (Å²) in [5.74, 6) is 1.43. The molecule has 0 spiro atoms. The lowest BCUT2D eigenvalue weighted by Crippen LogP contribution is -2.12. The zero-order valence-electron chi connectivity index (χ0n) is 9.63. The van der Waals surface area contributed by atoms with E-state index >= 15 is 0 Å². The van der Waals surface area contributed by atoms with Crippen molar-refractivity contribution in [3.05, 3.63) is 36.2 Å². The van der Waals surface area contributed by atoms with Gasteiger partial charge in [0, 0.05) is 12.6 Å². The number of aromatic nitrogens is 2. The Morgan fingerprint density at radius 3 is 3.00 bits per heavy atom. The quantitative estimate of drug-likeness (QED) is 0.842. The van der Waals surface area contributed by atoms with Crippen LogP contribution in [0.2, 0.25) is 0 Å². The molecule has 0 unspecified atom stereocenters. The number of hydrogen-bond acceptors (Lipinski definition) is 4. The van der Waals surface area contributed by atoms with E-state index in [0.717, 1.165) is 5.69 Å². The summed E-state index contributed by atoms with van der Waals surface area (Å²) in [4.78, 5) is 0. The SMILES string of the molecule is Cc1c(Oc2cccc(O)c2)cnn1CCN. The minimum absolute atomic E-state index is 0.175. The molecule has 5 nitrogen and oxygen atoms in total. The summed E-state index contributed by atoms with van der Waals surface area (Å²) in [5.41, 5.74) is 6.39. The van der Waals surface area contributed by atoms with Crippen LogP contribution in [-0.2, 0) is 6.54 Å². The van der Waals surface area contributed by atoms with Gasteiger partial charge in [-0.05, 0) is 19.1 Å². The van der Waals surface area contributed by atoms with Crippen LogP contribution in [0.5, 0.6) is 17.2 Å².